The Morgan fingerprint density at radius 2 is 0.794 bits per heavy atom. The van der Waals surface area contributed by atoms with Gasteiger partial charge in [0.05, 0.1) is 0 Å². The van der Waals surface area contributed by atoms with Crippen molar-refractivity contribution in [1.29, 1.82) is 0 Å². The molecule has 0 fully saturated rings. The van der Waals surface area contributed by atoms with Crippen LogP contribution in [0, 0.1) is 13.8 Å². The van der Waals surface area contributed by atoms with Crippen LogP contribution in [0.2, 0.25) is 0 Å². The summed E-state index contributed by atoms with van der Waals surface area (Å²) in [7, 11) is 0. The van der Waals surface area contributed by atoms with Gasteiger partial charge >= 0.3 is 0 Å². The van der Waals surface area contributed by atoms with E-state index >= 15 is 0 Å². The first-order chi connectivity index (χ1) is 32.3. The van der Waals surface area contributed by atoms with Gasteiger partial charge in [-0.25, -0.2) is 0 Å². The van der Waals surface area contributed by atoms with Crippen molar-refractivity contribution in [2.45, 2.75) is 34.6 Å². The minimum atomic E-state index is -0.0737. The number of pyridine rings is 5. The molecule has 8 N–H and O–H groups in total. The Morgan fingerprint density at radius 3 is 1.32 bits per heavy atom. The van der Waals surface area contributed by atoms with Crippen LogP contribution in [-0.2, 0) is 14.4 Å². The summed E-state index contributed by atoms with van der Waals surface area (Å²) in [4.78, 5) is 53.2. The fourth-order valence-electron chi connectivity index (χ4n) is 7.01. The number of anilines is 5. The highest BCUT2D eigenvalue weighted by atomic mass is 79.9. The van der Waals surface area contributed by atoms with Crippen molar-refractivity contribution < 1.29 is 19.9 Å². The Kier molecular flexibility index (Phi) is 18.0. The third-order valence-corrected chi connectivity index (χ3v) is 10.9. The second kappa shape index (κ2) is 24.2. The predicted molar refractivity (Wildman–Crippen MR) is 280 cm³/mol. The second-order valence-corrected chi connectivity index (χ2v) is 16.0. The number of hydrogen-bond donors (Lipinski definition) is 5. The van der Waals surface area contributed by atoms with Crippen LogP contribution >= 0.6 is 15.9 Å². The molecule has 14 nitrogen and oxygen atoms in total. The number of carbonyl (C=O) groups excluding carboxylic acids is 3. The average molecular weight is 971 g/mol. The summed E-state index contributed by atoms with van der Waals surface area (Å²) in [5, 5.41) is 18.9. The summed E-state index contributed by atoms with van der Waals surface area (Å²) < 4.78 is 0.972. The van der Waals surface area contributed by atoms with Crippen LogP contribution in [0.5, 0.6) is 0 Å². The van der Waals surface area contributed by atoms with Crippen molar-refractivity contribution in [2.75, 3.05) is 27.4 Å². The Hall–Kier alpha value is -8.40. The number of amides is 3. The van der Waals surface area contributed by atoms with Crippen LogP contribution < -0.4 is 27.4 Å². The summed E-state index contributed by atoms with van der Waals surface area (Å²) in [5.41, 5.74) is 18.0. The number of carbonyl (C=O) groups is 3. The Morgan fingerprint density at radius 1 is 0.412 bits per heavy atom. The molecule has 344 valence electrons. The molecule has 0 atom stereocenters. The van der Waals surface area contributed by atoms with Gasteiger partial charge in [0, 0.05) is 170 Å². The van der Waals surface area contributed by atoms with Crippen LogP contribution in [0.3, 0.4) is 0 Å². The molecule has 0 spiro atoms. The number of benzene rings is 5. The van der Waals surface area contributed by atoms with Gasteiger partial charge in [-0.15, -0.1) is 0 Å². The van der Waals surface area contributed by atoms with Crippen molar-refractivity contribution in [3.63, 3.8) is 0 Å². The zero-order valence-electron chi connectivity index (χ0n) is 38.0. The third kappa shape index (κ3) is 13.3. The minimum absolute atomic E-state index is 0. The van der Waals surface area contributed by atoms with Gasteiger partial charge in [-0.05, 0) is 91.7 Å². The molecule has 0 saturated carbocycles. The van der Waals surface area contributed by atoms with Gasteiger partial charge in [0.15, 0.2) is 0 Å². The van der Waals surface area contributed by atoms with E-state index in [0.717, 1.165) is 92.3 Å². The monoisotopic (exact) mass is 969 g/mol. The average Bonchev–Trinajstić information content (AvgIpc) is 3.33. The third-order valence-electron chi connectivity index (χ3n) is 10.2. The number of nitrogens with zero attached hydrogens (tertiary/aromatic N) is 5. The lowest BCUT2D eigenvalue weighted by Crippen LogP contribution is -2.06. The van der Waals surface area contributed by atoms with Gasteiger partial charge in [-0.1, -0.05) is 52.3 Å². The van der Waals surface area contributed by atoms with Crippen molar-refractivity contribution in [3.05, 3.63) is 181 Å². The lowest BCUT2D eigenvalue weighted by molar-refractivity contribution is -0.115. The van der Waals surface area contributed by atoms with Gasteiger partial charge in [-0.3, -0.25) is 39.3 Å². The number of fused-ring (bicyclic) bond motifs is 5. The first-order valence-corrected chi connectivity index (χ1v) is 21.8. The van der Waals surface area contributed by atoms with E-state index in [1.165, 1.54) is 26.3 Å². The molecule has 0 saturated heterocycles. The quantitative estimate of drug-likeness (QED) is 0.104. The fraction of sp³-hybridized carbons (Fsp3) is 0.0943. The lowest BCUT2D eigenvalue weighted by Gasteiger charge is -2.08. The number of hydrogen-bond acceptors (Lipinski definition) is 11. The topological polar surface area (TPSA) is 234 Å². The highest BCUT2D eigenvalue weighted by Crippen LogP contribution is 2.30. The van der Waals surface area contributed by atoms with E-state index in [9.17, 15) is 14.4 Å². The molecule has 10 rings (SSSR count). The van der Waals surface area contributed by atoms with Crippen molar-refractivity contribution in [3.8, 4) is 0 Å². The van der Waals surface area contributed by atoms with Gasteiger partial charge in [0.25, 0.3) is 0 Å². The van der Waals surface area contributed by atoms with E-state index in [2.05, 4.69) is 63.7 Å². The minimum Gasteiger partial charge on any atom is -0.870 e. The van der Waals surface area contributed by atoms with E-state index in [0.29, 0.717) is 0 Å². The molecule has 0 aliphatic rings. The Bertz CT molecular complexity index is 3220. The van der Waals surface area contributed by atoms with E-state index in [1.54, 1.807) is 43.4 Å². The van der Waals surface area contributed by atoms with Crippen molar-refractivity contribution >= 4 is 116 Å². The summed E-state index contributed by atoms with van der Waals surface area (Å²) >= 11 is 3.44. The highest BCUT2D eigenvalue weighted by molar-refractivity contribution is 9.10. The van der Waals surface area contributed by atoms with Gasteiger partial charge in [-0.2, -0.15) is 0 Å². The Balaban J connectivity index is 0.000000159. The van der Waals surface area contributed by atoms with E-state index < -0.39 is 0 Å². The van der Waals surface area contributed by atoms with E-state index in [4.69, 9.17) is 11.5 Å². The molecule has 5 aromatic carbocycles. The van der Waals surface area contributed by atoms with Crippen LogP contribution in [0.1, 0.15) is 31.9 Å². The molecule has 0 radical (unpaired) electrons. The SMILES string of the molecule is CC(=O)Nc1ccc(Br)c2cnccc12.CC(=O)Nc1ccc(C)c2cnccc12.CC(=O)Nc1cccc2cnccc12.Cc1ccc(N)c2ccncc12.Nc1cccc2cnccc12.[OH-]. The molecule has 68 heavy (non-hydrogen) atoms. The number of aryl methyl sites for hydroxylation is 2. The smallest absolute Gasteiger partial charge is 0.221 e. The predicted octanol–water partition coefficient (Wildman–Crippen LogP) is 11.4. The second-order valence-electron chi connectivity index (χ2n) is 15.2. The highest BCUT2D eigenvalue weighted by Gasteiger charge is 2.07. The van der Waals surface area contributed by atoms with Crippen LogP contribution in [-0.4, -0.2) is 48.1 Å². The maximum Gasteiger partial charge on any atom is 0.221 e. The maximum absolute atomic E-state index is 11.0. The molecule has 3 amide bonds. The van der Waals surface area contributed by atoms with E-state index in [-0.39, 0.29) is 23.2 Å². The number of nitrogen functional groups attached to an aromatic ring is 2. The molecule has 0 unspecified atom stereocenters. The molecule has 10 aromatic rings. The number of halogens is 1. The van der Waals surface area contributed by atoms with Gasteiger partial charge in [0.2, 0.25) is 17.7 Å². The normalized spacial score (nSPS) is 10.1. The summed E-state index contributed by atoms with van der Waals surface area (Å²) in [6, 6.07) is 32.7. The number of rotatable bonds is 3. The van der Waals surface area contributed by atoms with Crippen molar-refractivity contribution in [2.24, 2.45) is 0 Å². The lowest BCUT2D eigenvalue weighted by atomic mass is 10.1. The molecule has 0 bridgehead atoms. The standard InChI is InChI=1S/C12H12N2O.C11H9BrN2O.C11H10N2O.C10H10N2.C9H8N2.H2O/c1-8-3-4-12(14-9(2)15)10-5-6-13-7-11(8)10;1-7(15)14-11-3-2-10(12)9-6-13-5-4-8(9)11;1-8(14)13-11-4-2-3-9-7-12-6-5-10(9)11;1-7-2-3-10(11)8-4-5-12-6-9(7)8;10-9-3-1-2-7-6-11-5-4-8(7)9;/h3-7H,1-2H3,(H,14,15);2-6H,1H3,(H,14,15);2-7H,1H3,(H,13,14);2-6H,11H2,1H3;1-6H,10H2;1H2/p-1. The van der Waals surface area contributed by atoms with Crippen LogP contribution in [0.25, 0.3) is 53.9 Å². The van der Waals surface area contributed by atoms with Gasteiger partial charge in [0.1, 0.15) is 0 Å². The molecule has 15 heteroatoms. The largest absolute Gasteiger partial charge is 0.870 e. The fourth-order valence-corrected chi connectivity index (χ4v) is 7.46. The maximum atomic E-state index is 11.0. The summed E-state index contributed by atoms with van der Waals surface area (Å²) in [6.45, 7) is 8.59. The summed E-state index contributed by atoms with van der Waals surface area (Å²) in [6.07, 6.45) is 17.7. The molecule has 0 aliphatic heterocycles. The molecular formula is C53H50BrN10O4-. The number of aromatic nitrogens is 5. The molecule has 5 aromatic heterocycles. The molecular weight excluding hydrogens is 921 g/mol. The summed E-state index contributed by atoms with van der Waals surface area (Å²) in [5.74, 6) is -0.193. The molecule has 5 heterocycles. The number of nitrogens with two attached hydrogens (primary N) is 2. The van der Waals surface area contributed by atoms with E-state index in [1.807, 2.05) is 129 Å². The Labute approximate surface area is 401 Å². The zero-order chi connectivity index (χ0) is 47.9. The first kappa shape index (κ1) is 50.6. The first-order valence-electron chi connectivity index (χ1n) is 21.0. The number of nitrogens with one attached hydrogen (secondary N) is 3. The van der Waals surface area contributed by atoms with Crippen molar-refractivity contribution in [1.82, 2.24) is 24.9 Å². The molecule has 0 aliphatic carbocycles. The zero-order valence-corrected chi connectivity index (χ0v) is 39.6. The van der Waals surface area contributed by atoms with Gasteiger partial charge < -0.3 is 32.9 Å². The van der Waals surface area contributed by atoms with Crippen LogP contribution in [0.4, 0.5) is 28.4 Å². The van der Waals surface area contributed by atoms with Crippen LogP contribution in [0.15, 0.2) is 170 Å².